The number of nitrogens with zero attached hydrogens (tertiary/aromatic N) is 1. The Morgan fingerprint density at radius 1 is 1.33 bits per heavy atom. The largest absolute Gasteiger partial charge is 0.444 e. The average molecular weight is 276 g/mol. The summed E-state index contributed by atoms with van der Waals surface area (Å²) in [5.41, 5.74) is -0.558. The molecule has 1 amide bonds. The van der Waals surface area contributed by atoms with Gasteiger partial charge in [0.2, 0.25) is 0 Å². The molecule has 1 rings (SSSR count). The highest BCUT2D eigenvalue weighted by atomic mass is 35.5. The van der Waals surface area contributed by atoms with E-state index in [0.29, 0.717) is 6.42 Å². The Labute approximate surface area is 114 Å². The van der Waals surface area contributed by atoms with Crippen LogP contribution in [-0.2, 0) is 9.53 Å². The van der Waals surface area contributed by atoms with Crippen LogP contribution >= 0.6 is 11.6 Å². The van der Waals surface area contributed by atoms with E-state index in [1.165, 1.54) is 0 Å². The molecular formula is C13H22ClNO3. The van der Waals surface area contributed by atoms with E-state index in [1.807, 2.05) is 34.6 Å². The van der Waals surface area contributed by atoms with Gasteiger partial charge < -0.3 is 4.74 Å². The summed E-state index contributed by atoms with van der Waals surface area (Å²) in [6.45, 7) is 9.41. The van der Waals surface area contributed by atoms with Crippen molar-refractivity contribution in [1.29, 1.82) is 0 Å². The number of ketones is 1. The minimum absolute atomic E-state index is 0.00276. The van der Waals surface area contributed by atoms with Crippen molar-refractivity contribution in [3.05, 3.63) is 0 Å². The molecule has 4 nitrogen and oxygen atoms in total. The highest BCUT2D eigenvalue weighted by molar-refractivity contribution is 6.28. The van der Waals surface area contributed by atoms with Crippen LogP contribution in [0.25, 0.3) is 0 Å². The van der Waals surface area contributed by atoms with Gasteiger partial charge in [0, 0.05) is 6.04 Å². The lowest BCUT2D eigenvalue weighted by atomic mass is 10.0. The quantitative estimate of drug-likeness (QED) is 0.728. The zero-order valence-corrected chi connectivity index (χ0v) is 12.5. The molecule has 104 valence electrons. The van der Waals surface area contributed by atoms with Crippen LogP contribution in [0.1, 0.15) is 41.0 Å². The summed E-state index contributed by atoms with van der Waals surface area (Å²) >= 11 is 5.60. The van der Waals surface area contributed by atoms with Gasteiger partial charge in [-0.1, -0.05) is 6.92 Å². The summed E-state index contributed by atoms with van der Waals surface area (Å²) in [5, 5.41) is 0. The van der Waals surface area contributed by atoms with Gasteiger partial charge in [0.15, 0.2) is 5.78 Å². The van der Waals surface area contributed by atoms with E-state index in [4.69, 9.17) is 16.3 Å². The maximum Gasteiger partial charge on any atom is 0.411 e. The molecule has 1 aliphatic heterocycles. The maximum absolute atomic E-state index is 12.2. The fourth-order valence-electron chi connectivity index (χ4n) is 2.20. The van der Waals surface area contributed by atoms with Crippen molar-refractivity contribution in [3.63, 3.8) is 0 Å². The second-order valence-electron chi connectivity index (χ2n) is 5.96. The summed E-state index contributed by atoms with van der Waals surface area (Å²) in [6, 6.07) is -0.445. The van der Waals surface area contributed by atoms with E-state index in [2.05, 4.69) is 0 Å². The van der Waals surface area contributed by atoms with Gasteiger partial charge in [-0.15, -0.1) is 11.6 Å². The second-order valence-corrected chi connectivity index (χ2v) is 6.22. The molecule has 1 aliphatic rings. The number of likely N-dealkylation sites (tertiary alicyclic amines) is 1. The van der Waals surface area contributed by atoms with E-state index >= 15 is 0 Å². The number of halogens is 1. The molecular weight excluding hydrogens is 254 g/mol. The first-order valence-electron chi connectivity index (χ1n) is 6.27. The second kappa shape index (κ2) is 5.47. The lowest BCUT2D eigenvalue weighted by Crippen LogP contribution is -2.47. The summed E-state index contributed by atoms with van der Waals surface area (Å²) in [4.78, 5) is 25.5. The Bertz CT molecular complexity index is 338. The van der Waals surface area contributed by atoms with Gasteiger partial charge in [-0.25, -0.2) is 4.79 Å². The lowest BCUT2D eigenvalue weighted by Gasteiger charge is -2.31. The summed E-state index contributed by atoms with van der Waals surface area (Å²) in [5.74, 6) is 0.0945. The molecule has 0 radical (unpaired) electrons. The molecule has 1 saturated heterocycles. The first kappa shape index (κ1) is 15.3. The molecule has 1 fully saturated rings. The van der Waals surface area contributed by atoms with Crippen LogP contribution in [0.15, 0.2) is 0 Å². The molecule has 3 atom stereocenters. The summed E-state index contributed by atoms with van der Waals surface area (Å²) in [6.07, 6.45) is 0.231. The predicted molar refractivity (Wildman–Crippen MR) is 70.8 cm³/mol. The van der Waals surface area contributed by atoms with Crippen LogP contribution in [0.5, 0.6) is 0 Å². The number of rotatable bonds is 2. The monoisotopic (exact) mass is 275 g/mol. The Morgan fingerprint density at radius 2 is 1.89 bits per heavy atom. The van der Waals surface area contributed by atoms with Crippen LogP contribution in [0.4, 0.5) is 4.79 Å². The lowest BCUT2D eigenvalue weighted by molar-refractivity contribution is -0.121. The molecule has 0 aromatic carbocycles. The number of hydrogen-bond acceptors (Lipinski definition) is 3. The van der Waals surface area contributed by atoms with E-state index in [-0.39, 0.29) is 23.6 Å². The van der Waals surface area contributed by atoms with E-state index in [1.54, 1.807) is 4.90 Å². The van der Waals surface area contributed by atoms with Crippen LogP contribution in [0, 0.1) is 5.92 Å². The van der Waals surface area contributed by atoms with Crippen LogP contribution in [0.2, 0.25) is 0 Å². The van der Waals surface area contributed by atoms with E-state index in [9.17, 15) is 9.59 Å². The molecule has 5 heteroatoms. The highest BCUT2D eigenvalue weighted by Gasteiger charge is 2.44. The number of hydrogen-bond donors (Lipinski definition) is 0. The predicted octanol–water partition coefficient (Wildman–Crippen LogP) is 2.83. The number of ether oxygens (including phenoxy) is 1. The topological polar surface area (TPSA) is 46.6 Å². The van der Waals surface area contributed by atoms with Crippen molar-refractivity contribution in [2.24, 2.45) is 5.92 Å². The Morgan fingerprint density at radius 3 is 2.33 bits per heavy atom. The molecule has 0 spiro atoms. The summed E-state index contributed by atoms with van der Waals surface area (Å²) in [7, 11) is 0. The molecule has 0 bridgehead atoms. The molecule has 18 heavy (non-hydrogen) atoms. The highest BCUT2D eigenvalue weighted by Crippen LogP contribution is 2.31. The average Bonchev–Trinajstić information content (AvgIpc) is 2.52. The third-order valence-corrected chi connectivity index (χ3v) is 3.56. The first-order valence-corrected chi connectivity index (χ1v) is 6.81. The van der Waals surface area contributed by atoms with Gasteiger partial charge in [0.25, 0.3) is 0 Å². The number of alkyl halides is 1. The van der Waals surface area contributed by atoms with Crippen molar-refractivity contribution in [2.45, 2.75) is 58.7 Å². The minimum Gasteiger partial charge on any atom is -0.444 e. The van der Waals surface area contributed by atoms with E-state index in [0.717, 1.165) is 0 Å². The Balaban J connectivity index is 2.88. The van der Waals surface area contributed by atoms with Crippen molar-refractivity contribution >= 4 is 23.5 Å². The smallest absolute Gasteiger partial charge is 0.411 e. The van der Waals surface area contributed by atoms with Crippen molar-refractivity contribution in [3.8, 4) is 0 Å². The molecule has 0 aliphatic carbocycles. The van der Waals surface area contributed by atoms with Crippen molar-refractivity contribution in [2.75, 3.05) is 5.88 Å². The van der Waals surface area contributed by atoms with Gasteiger partial charge >= 0.3 is 6.09 Å². The maximum atomic E-state index is 12.2. The normalized spacial score (nSPS) is 28.3. The summed E-state index contributed by atoms with van der Waals surface area (Å²) < 4.78 is 5.36. The number of amides is 1. The van der Waals surface area contributed by atoms with Crippen LogP contribution in [0.3, 0.4) is 0 Å². The molecule has 0 saturated carbocycles. The number of carbonyl (C=O) groups excluding carboxylic acids is 2. The van der Waals surface area contributed by atoms with Gasteiger partial charge in [-0.05, 0) is 40.0 Å². The van der Waals surface area contributed by atoms with Crippen LogP contribution in [-0.4, -0.2) is 40.3 Å². The van der Waals surface area contributed by atoms with Crippen molar-refractivity contribution < 1.29 is 14.3 Å². The molecule has 0 aromatic heterocycles. The number of Topliss-reactive ketones (excluding diaryl/α,β-unsaturated/α-hetero) is 1. The molecule has 0 unspecified atom stereocenters. The first-order chi connectivity index (χ1) is 8.17. The fraction of sp³-hybridized carbons (Fsp3) is 0.846. The Hall–Kier alpha value is -0.770. The standard InChI is InChI=1S/C13H22ClNO3/c1-8-6-10(11(16)7-14)15(9(8)2)12(17)18-13(3,4)5/h8-10H,6-7H2,1-5H3/t8-,9-,10+/m1/s1. The molecule has 1 heterocycles. The Kier molecular flexibility index (Phi) is 4.65. The zero-order valence-electron chi connectivity index (χ0n) is 11.7. The zero-order chi connectivity index (χ0) is 14.1. The third-order valence-electron chi connectivity index (χ3n) is 3.30. The van der Waals surface area contributed by atoms with Gasteiger partial charge in [-0.2, -0.15) is 0 Å². The van der Waals surface area contributed by atoms with Gasteiger partial charge in [0.1, 0.15) is 5.60 Å². The third kappa shape index (κ3) is 3.37. The van der Waals surface area contributed by atoms with E-state index < -0.39 is 17.7 Å². The van der Waals surface area contributed by atoms with Gasteiger partial charge in [0.05, 0.1) is 11.9 Å². The molecule has 0 N–H and O–H groups in total. The van der Waals surface area contributed by atoms with Crippen molar-refractivity contribution in [1.82, 2.24) is 4.90 Å². The number of carbonyl (C=O) groups is 2. The SMILES string of the molecule is C[C@@H]1C[C@@H](C(=O)CCl)N(C(=O)OC(C)(C)C)[C@@H]1C. The minimum atomic E-state index is -0.558. The van der Waals surface area contributed by atoms with Crippen LogP contribution < -0.4 is 0 Å². The fourth-order valence-corrected chi connectivity index (χ4v) is 2.38. The molecule has 0 aromatic rings. The van der Waals surface area contributed by atoms with Gasteiger partial charge in [-0.3, -0.25) is 9.69 Å².